The highest BCUT2D eigenvalue weighted by atomic mass is 16.5. The number of nitrogens with one attached hydrogen (secondary N) is 1. The molecular weight excluding hydrogens is 278 g/mol. The van der Waals surface area contributed by atoms with Crippen LogP contribution in [0, 0.1) is 6.92 Å². The molecule has 3 aromatic rings. The lowest BCUT2D eigenvalue weighted by atomic mass is 10.1. The summed E-state index contributed by atoms with van der Waals surface area (Å²) in [5.41, 5.74) is 4.07. The SMILES string of the molecule is COc1ccc(C)cc1NC(=O)c1ccc2c(c1)ncn2C. The Morgan fingerprint density at radius 2 is 2.05 bits per heavy atom. The quantitative estimate of drug-likeness (QED) is 0.807. The molecule has 0 fully saturated rings. The summed E-state index contributed by atoms with van der Waals surface area (Å²) in [4.78, 5) is 16.7. The first-order chi connectivity index (χ1) is 10.6. The van der Waals surface area contributed by atoms with Crippen LogP contribution in [-0.4, -0.2) is 22.6 Å². The molecule has 0 aliphatic carbocycles. The lowest BCUT2D eigenvalue weighted by molar-refractivity contribution is 0.102. The number of rotatable bonds is 3. The third-order valence-electron chi connectivity index (χ3n) is 3.59. The second-order valence-electron chi connectivity index (χ2n) is 5.22. The number of imidazole rings is 1. The zero-order valence-corrected chi connectivity index (χ0v) is 12.8. The molecular formula is C17H17N3O2. The molecule has 112 valence electrons. The van der Waals surface area contributed by atoms with Gasteiger partial charge in [0.1, 0.15) is 5.75 Å². The van der Waals surface area contributed by atoms with Crippen molar-refractivity contribution in [2.24, 2.45) is 7.05 Å². The maximum Gasteiger partial charge on any atom is 0.255 e. The molecule has 22 heavy (non-hydrogen) atoms. The minimum atomic E-state index is -0.184. The maximum atomic E-state index is 12.4. The second kappa shape index (κ2) is 5.52. The van der Waals surface area contributed by atoms with E-state index in [1.807, 2.05) is 42.8 Å². The number of ether oxygens (including phenoxy) is 1. The van der Waals surface area contributed by atoms with Crippen LogP contribution in [0.25, 0.3) is 11.0 Å². The Hall–Kier alpha value is -2.82. The number of aromatic nitrogens is 2. The Bertz CT molecular complexity index is 852. The Balaban J connectivity index is 1.91. The van der Waals surface area contributed by atoms with E-state index in [0.717, 1.165) is 16.6 Å². The van der Waals surface area contributed by atoms with E-state index in [4.69, 9.17) is 4.74 Å². The monoisotopic (exact) mass is 295 g/mol. The van der Waals surface area contributed by atoms with Crippen molar-refractivity contribution in [1.29, 1.82) is 0 Å². The predicted octanol–water partition coefficient (Wildman–Crippen LogP) is 3.14. The average Bonchev–Trinajstić information content (AvgIpc) is 2.88. The first-order valence-corrected chi connectivity index (χ1v) is 6.95. The highest BCUT2D eigenvalue weighted by Crippen LogP contribution is 2.26. The topological polar surface area (TPSA) is 56.1 Å². The number of hydrogen-bond acceptors (Lipinski definition) is 3. The highest BCUT2D eigenvalue weighted by Gasteiger charge is 2.11. The molecule has 0 spiro atoms. The first kappa shape index (κ1) is 14.1. The van der Waals surface area contributed by atoms with E-state index in [1.54, 1.807) is 25.6 Å². The number of nitrogens with zero attached hydrogens (tertiary/aromatic N) is 2. The number of anilines is 1. The van der Waals surface area contributed by atoms with Gasteiger partial charge in [-0.3, -0.25) is 4.79 Å². The lowest BCUT2D eigenvalue weighted by Gasteiger charge is -2.11. The van der Waals surface area contributed by atoms with E-state index in [9.17, 15) is 4.79 Å². The molecule has 2 aromatic carbocycles. The minimum absolute atomic E-state index is 0.184. The van der Waals surface area contributed by atoms with Gasteiger partial charge in [0.2, 0.25) is 0 Å². The van der Waals surface area contributed by atoms with E-state index < -0.39 is 0 Å². The molecule has 0 saturated heterocycles. The summed E-state index contributed by atoms with van der Waals surface area (Å²) < 4.78 is 7.20. The minimum Gasteiger partial charge on any atom is -0.495 e. The fraction of sp³-hybridized carbons (Fsp3) is 0.176. The van der Waals surface area contributed by atoms with Gasteiger partial charge in [-0.1, -0.05) is 6.07 Å². The largest absolute Gasteiger partial charge is 0.495 e. The van der Waals surface area contributed by atoms with Crippen molar-refractivity contribution in [2.45, 2.75) is 6.92 Å². The van der Waals surface area contributed by atoms with Gasteiger partial charge in [0, 0.05) is 12.6 Å². The molecule has 0 bridgehead atoms. The molecule has 1 heterocycles. The van der Waals surface area contributed by atoms with Gasteiger partial charge in [0.15, 0.2) is 0 Å². The van der Waals surface area contributed by atoms with Gasteiger partial charge in [-0.05, 0) is 42.8 Å². The summed E-state index contributed by atoms with van der Waals surface area (Å²) in [6.07, 6.45) is 1.73. The van der Waals surface area contributed by atoms with E-state index in [-0.39, 0.29) is 5.91 Å². The van der Waals surface area contributed by atoms with Gasteiger partial charge in [0.05, 0.1) is 30.2 Å². The van der Waals surface area contributed by atoms with Gasteiger partial charge in [-0.2, -0.15) is 0 Å². The van der Waals surface area contributed by atoms with Crippen LogP contribution >= 0.6 is 0 Å². The van der Waals surface area contributed by atoms with Crippen LogP contribution in [0.3, 0.4) is 0 Å². The zero-order valence-electron chi connectivity index (χ0n) is 12.8. The molecule has 5 nitrogen and oxygen atoms in total. The number of fused-ring (bicyclic) bond motifs is 1. The number of methoxy groups -OCH3 is 1. The van der Waals surface area contributed by atoms with E-state index in [0.29, 0.717) is 17.0 Å². The third kappa shape index (κ3) is 2.53. The van der Waals surface area contributed by atoms with E-state index in [2.05, 4.69) is 10.3 Å². The summed E-state index contributed by atoms with van der Waals surface area (Å²) >= 11 is 0. The number of carbonyl (C=O) groups excluding carboxylic acids is 1. The second-order valence-corrected chi connectivity index (χ2v) is 5.22. The van der Waals surface area contributed by atoms with E-state index >= 15 is 0 Å². The average molecular weight is 295 g/mol. The Morgan fingerprint density at radius 3 is 2.82 bits per heavy atom. The van der Waals surface area contributed by atoms with Crippen molar-refractivity contribution in [3.05, 3.63) is 53.9 Å². The van der Waals surface area contributed by atoms with Crippen molar-refractivity contribution < 1.29 is 9.53 Å². The molecule has 0 atom stereocenters. The van der Waals surface area contributed by atoms with Crippen LogP contribution < -0.4 is 10.1 Å². The summed E-state index contributed by atoms with van der Waals surface area (Å²) in [5.74, 6) is 0.453. The third-order valence-corrected chi connectivity index (χ3v) is 3.59. The summed E-state index contributed by atoms with van der Waals surface area (Å²) in [5, 5.41) is 2.89. The normalized spacial score (nSPS) is 10.7. The fourth-order valence-electron chi connectivity index (χ4n) is 2.39. The number of carbonyl (C=O) groups is 1. The molecule has 0 aliphatic rings. The van der Waals surface area contributed by atoms with Crippen molar-refractivity contribution >= 4 is 22.6 Å². The number of hydrogen-bond donors (Lipinski definition) is 1. The Kier molecular flexibility index (Phi) is 3.55. The smallest absolute Gasteiger partial charge is 0.255 e. The highest BCUT2D eigenvalue weighted by molar-refractivity contribution is 6.06. The molecule has 0 unspecified atom stereocenters. The number of aryl methyl sites for hydroxylation is 2. The number of amides is 1. The molecule has 1 amide bonds. The van der Waals surface area contributed by atoms with Crippen molar-refractivity contribution in [3.63, 3.8) is 0 Å². The predicted molar refractivity (Wildman–Crippen MR) is 86.4 cm³/mol. The van der Waals surface area contributed by atoms with Crippen molar-refractivity contribution in [1.82, 2.24) is 9.55 Å². The molecule has 1 aromatic heterocycles. The van der Waals surface area contributed by atoms with Crippen LogP contribution in [-0.2, 0) is 7.05 Å². The van der Waals surface area contributed by atoms with Crippen LogP contribution in [0.4, 0.5) is 5.69 Å². The van der Waals surface area contributed by atoms with Crippen molar-refractivity contribution in [3.8, 4) is 5.75 Å². The van der Waals surface area contributed by atoms with Crippen LogP contribution in [0.1, 0.15) is 15.9 Å². The summed E-state index contributed by atoms with van der Waals surface area (Å²) in [7, 11) is 3.51. The van der Waals surface area contributed by atoms with Crippen LogP contribution in [0.15, 0.2) is 42.7 Å². The van der Waals surface area contributed by atoms with Gasteiger partial charge in [-0.15, -0.1) is 0 Å². The molecule has 0 aliphatic heterocycles. The van der Waals surface area contributed by atoms with Gasteiger partial charge in [-0.25, -0.2) is 4.98 Å². The first-order valence-electron chi connectivity index (χ1n) is 6.95. The number of benzene rings is 2. The maximum absolute atomic E-state index is 12.4. The van der Waals surface area contributed by atoms with Crippen molar-refractivity contribution in [2.75, 3.05) is 12.4 Å². The molecule has 1 N–H and O–H groups in total. The molecule has 0 saturated carbocycles. The Labute approximate surface area is 128 Å². The molecule has 5 heteroatoms. The molecule has 0 radical (unpaired) electrons. The van der Waals surface area contributed by atoms with Crippen LogP contribution in [0.5, 0.6) is 5.75 Å². The zero-order chi connectivity index (χ0) is 15.7. The lowest BCUT2D eigenvalue weighted by Crippen LogP contribution is -2.12. The fourth-order valence-corrected chi connectivity index (χ4v) is 2.39. The summed E-state index contributed by atoms with van der Waals surface area (Å²) in [6.45, 7) is 1.97. The summed E-state index contributed by atoms with van der Waals surface area (Å²) in [6, 6.07) is 11.1. The standard InChI is InChI=1S/C17H17N3O2/c1-11-4-7-16(22-3)14(8-11)19-17(21)12-5-6-15-13(9-12)18-10-20(15)2/h4-10H,1-3H3,(H,19,21). The molecule has 3 rings (SSSR count). The van der Waals surface area contributed by atoms with Gasteiger partial charge >= 0.3 is 0 Å². The van der Waals surface area contributed by atoms with E-state index in [1.165, 1.54) is 0 Å². The van der Waals surface area contributed by atoms with Gasteiger partial charge in [0.25, 0.3) is 5.91 Å². The van der Waals surface area contributed by atoms with Gasteiger partial charge < -0.3 is 14.6 Å². The van der Waals surface area contributed by atoms with Crippen LogP contribution in [0.2, 0.25) is 0 Å². The Morgan fingerprint density at radius 1 is 1.23 bits per heavy atom.